The highest BCUT2D eigenvalue weighted by atomic mass is 19.5. The van der Waals surface area contributed by atoms with Gasteiger partial charge in [-0.25, -0.2) is 0 Å². The van der Waals surface area contributed by atoms with Crippen molar-refractivity contribution >= 4 is 0 Å². The van der Waals surface area contributed by atoms with E-state index in [1.165, 1.54) is 0 Å². The Morgan fingerprint density at radius 3 is 1.27 bits per heavy atom. The van der Waals surface area contributed by atoms with Crippen LogP contribution in [0.3, 0.4) is 0 Å². The summed E-state index contributed by atoms with van der Waals surface area (Å²) in [6.45, 7) is -0.657. The van der Waals surface area contributed by atoms with E-state index in [0.29, 0.717) is 0 Å². The van der Waals surface area contributed by atoms with Crippen molar-refractivity contribution in [2.45, 2.75) is 39.3 Å². The molecule has 0 spiro atoms. The zero-order chi connectivity index (χ0) is 11.8. The average molecular weight is 248 g/mol. The predicted molar refractivity (Wildman–Crippen MR) is 39.8 cm³/mol. The summed E-state index contributed by atoms with van der Waals surface area (Å²) in [5.41, 5.74) is 0. The molecule has 0 rings (SSSR count). The fourth-order valence-electron chi connectivity index (χ4n) is 0.420. The lowest BCUT2D eigenvalue weighted by atomic mass is 10.2. The molecule has 8 heteroatoms. The predicted octanol–water partition coefficient (Wildman–Crippen LogP) is 4.80. The van der Waals surface area contributed by atoms with Gasteiger partial charge in [-0.2, -0.15) is 13.2 Å². The third-order valence-corrected chi connectivity index (χ3v) is 0.844. The van der Waals surface area contributed by atoms with Crippen LogP contribution in [0.15, 0.2) is 0 Å². The lowest BCUT2D eigenvalue weighted by molar-refractivity contribution is -0.237. The molecule has 96 valence electrons. The van der Waals surface area contributed by atoms with Gasteiger partial charge in [-0.15, -0.1) is 17.6 Å². The van der Waals surface area contributed by atoms with E-state index in [2.05, 4.69) is 0 Å². The smallest absolute Gasteiger partial charge is 0.251 e. The number of alkyl halides is 8. The molecule has 0 radical (unpaired) electrons. The van der Waals surface area contributed by atoms with Crippen molar-refractivity contribution in [2.24, 2.45) is 0 Å². The molecule has 0 N–H and O–H groups in total. The molecule has 0 aliphatic rings. The van der Waals surface area contributed by atoms with Gasteiger partial charge in [0.1, 0.15) is 0 Å². The quantitative estimate of drug-likeness (QED) is 0.497. The highest BCUT2D eigenvalue weighted by Crippen LogP contribution is 2.21. The normalized spacial score (nSPS) is 11.2. The molecule has 0 saturated heterocycles. The summed E-state index contributed by atoms with van der Waals surface area (Å²) < 4.78 is 83.7. The molecule has 0 aromatic carbocycles. The van der Waals surface area contributed by atoms with Crippen molar-refractivity contribution in [1.82, 2.24) is 0 Å². The van der Waals surface area contributed by atoms with Crippen molar-refractivity contribution in [3.05, 3.63) is 0 Å². The molecule has 0 saturated carbocycles. The summed E-state index contributed by atoms with van der Waals surface area (Å²) >= 11 is 0. The van der Waals surface area contributed by atoms with Crippen LogP contribution in [-0.4, -0.2) is 19.3 Å². The Kier molecular flexibility index (Phi) is 11.6. The molecule has 0 aliphatic heterocycles. The first-order chi connectivity index (χ1) is 6.06. The second kappa shape index (κ2) is 8.72. The lowest BCUT2D eigenvalue weighted by Crippen LogP contribution is -2.06. The van der Waals surface area contributed by atoms with Crippen LogP contribution < -0.4 is 0 Å². The van der Waals surface area contributed by atoms with Crippen LogP contribution >= 0.6 is 0 Å². The van der Waals surface area contributed by atoms with Gasteiger partial charge in [0.05, 0.1) is 6.67 Å². The average Bonchev–Trinajstić information content (AvgIpc) is 1.80. The zero-order valence-electron chi connectivity index (χ0n) is 6.85. The van der Waals surface area contributed by atoms with Gasteiger partial charge in [-0.05, 0) is 12.8 Å². The molecular weight excluding hydrogens is 236 g/mol. The monoisotopic (exact) mass is 248 g/mol. The minimum atomic E-state index is -5.50. The minimum absolute atomic E-state index is 0. The maximum absolute atomic E-state index is 11.3. The van der Waals surface area contributed by atoms with Gasteiger partial charge in [0.15, 0.2) is 0 Å². The van der Waals surface area contributed by atoms with E-state index in [0.717, 1.165) is 0 Å². The van der Waals surface area contributed by atoms with E-state index in [1.54, 1.807) is 0 Å². The fraction of sp³-hybridized carbons (Fsp3) is 1.00. The van der Waals surface area contributed by atoms with Crippen LogP contribution in [0, 0.1) is 0 Å². The fourth-order valence-corrected chi connectivity index (χ4v) is 0.420. The van der Waals surface area contributed by atoms with Crippen LogP contribution in [-0.2, 0) is 0 Å². The maximum Gasteiger partial charge on any atom is 0.559 e. The Morgan fingerprint density at radius 2 is 1.07 bits per heavy atom. The minimum Gasteiger partial charge on any atom is -0.251 e. The Balaban J connectivity index is -0.000000208. The van der Waals surface area contributed by atoms with Gasteiger partial charge in [0, 0.05) is 6.42 Å². The van der Waals surface area contributed by atoms with Gasteiger partial charge < -0.3 is 0 Å². The molecule has 15 heavy (non-hydrogen) atoms. The van der Waals surface area contributed by atoms with Gasteiger partial charge in [-0.1, -0.05) is 7.43 Å². The molecule has 0 aromatic heterocycles. The van der Waals surface area contributed by atoms with E-state index in [4.69, 9.17) is 0 Å². The first-order valence-electron chi connectivity index (χ1n) is 3.44. The maximum atomic E-state index is 11.3. The Hall–Kier alpha value is -0.560. The lowest BCUT2D eigenvalue weighted by Gasteiger charge is -2.02. The highest BCUT2D eigenvalue weighted by Gasteiger charge is 2.25. The third kappa shape index (κ3) is 59.4. The summed E-state index contributed by atoms with van der Waals surface area (Å²) in [5.74, 6) is 0. The first kappa shape index (κ1) is 19.9. The summed E-state index contributed by atoms with van der Waals surface area (Å²) in [6.07, 6.45) is -10.6. The second-order valence-corrected chi connectivity index (χ2v) is 2.19. The van der Waals surface area contributed by atoms with Crippen molar-refractivity contribution < 1.29 is 35.1 Å². The molecule has 0 fully saturated rings. The van der Waals surface area contributed by atoms with Gasteiger partial charge in [0.25, 0.3) is 0 Å². The van der Waals surface area contributed by atoms with Gasteiger partial charge >= 0.3 is 12.6 Å². The molecule has 0 bridgehead atoms. The zero-order valence-corrected chi connectivity index (χ0v) is 6.85. The molecule has 0 heterocycles. The number of hydrogen-bond acceptors (Lipinski definition) is 0. The molecule has 0 nitrogen and oxygen atoms in total. The van der Waals surface area contributed by atoms with E-state index in [9.17, 15) is 35.1 Å². The van der Waals surface area contributed by atoms with E-state index >= 15 is 0 Å². The van der Waals surface area contributed by atoms with Crippen LogP contribution in [0.2, 0.25) is 0 Å². The van der Waals surface area contributed by atoms with Gasteiger partial charge in [-0.3, -0.25) is 4.39 Å². The molecular formula is C7H12F8. The number of halogens is 8. The van der Waals surface area contributed by atoms with Crippen LogP contribution in [0.25, 0.3) is 0 Å². The molecule has 0 aliphatic carbocycles. The summed E-state index contributed by atoms with van der Waals surface area (Å²) in [7, 11) is 0. The summed E-state index contributed by atoms with van der Waals surface area (Å²) in [6, 6.07) is 0. The van der Waals surface area contributed by atoms with E-state index in [-0.39, 0.29) is 20.3 Å². The van der Waals surface area contributed by atoms with Crippen molar-refractivity contribution in [3.8, 4) is 0 Å². The first-order valence-corrected chi connectivity index (χ1v) is 3.44. The van der Waals surface area contributed by atoms with Crippen molar-refractivity contribution in [1.29, 1.82) is 0 Å². The van der Waals surface area contributed by atoms with E-state index < -0.39 is 25.7 Å². The largest absolute Gasteiger partial charge is 0.559 e. The standard InChI is InChI=1S/C5H8F4.CF4.CH4/c6-4-2-1-3-5(7,8)9;2-1(3,4)5;/h1-4H2;;1H4. The van der Waals surface area contributed by atoms with Crippen LogP contribution in [0.4, 0.5) is 35.1 Å². The highest BCUT2D eigenvalue weighted by molar-refractivity contribution is 4.49. The molecule has 0 unspecified atom stereocenters. The van der Waals surface area contributed by atoms with Crippen molar-refractivity contribution in [3.63, 3.8) is 0 Å². The topological polar surface area (TPSA) is 0 Å². The van der Waals surface area contributed by atoms with Crippen molar-refractivity contribution in [2.75, 3.05) is 6.67 Å². The Bertz CT molecular complexity index is 118. The SMILES string of the molecule is C.FC(F)(F)F.FCCCCC(F)(F)F. The van der Waals surface area contributed by atoms with E-state index in [1.807, 2.05) is 0 Å². The Labute approximate surface area is 82.3 Å². The number of rotatable bonds is 3. The Morgan fingerprint density at radius 1 is 0.733 bits per heavy atom. The molecule has 0 amide bonds. The second-order valence-electron chi connectivity index (χ2n) is 2.19. The third-order valence-electron chi connectivity index (χ3n) is 0.844. The van der Waals surface area contributed by atoms with Gasteiger partial charge in [0.2, 0.25) is 0 Å². The summed E-state index contributed by atoms with van der Waals surface area (Å²) in [4.78, 5) is 0. The number of unbranched alkanes of at least 4 members (excludes halogenated alkanes) is 1. The molecule has 0 aromatic rings. The van der Waals surface area contributed by atoms with Crippen LogP contribution in [0.5, 0.6) is 0 Å². The number of hydrogen-bond donors (Lipinski definition) is 0. The van der Waals surface area contributed by atoms with Crippen LogP contribution in [0.1, 0.15) is 26.7 Å². The summed E-state index contributed by atoms with van der Waals surface area (Å²) in [5, 5.41) is 0. The molecule has 0 atom stereocenters.